The summed E-state index contributed by atoms with van der Waals surface area (Å²) in [6, 6.07) is 16.9. The van der Waals surface area contributed by atoms with Crippen LogP contribution in [0.3, 0.4) is 0 Å². The van der Waals surface area contributed by atoms with Gasteiger partial charge >= 0.3 is 0 Å². The molecule has 1 aliphatic rings. The molecule has 0 spiro atoms. The fourth-order valence-electron chi connectivity index (χ4n) is 2.89. The molecule has 0 N–H and O–H groups in total. The van der Waals surface area contributed by atoms with Gasteiger partial charge in [0.1, 0.15) is 6.61 Å². The van der Waals surface area contributed by atoms with E-state index in [4.69, 9.17) is 4.84 Å². The van der Waals surface area contributed by atoms with Crippen LogP contribution >= 0.6 is 0 Å². The number of likely N-dealkylation sites (tertiary alicyclic amines) is 1. The summed E-state index contributed by atoms with van der Waals surface area (Å²) in [5.41, 5.74) is 2.30. The molecule has 3 nitrogen and oxygen atoms in total. The van der Waals surface area contributed by atoms with E-state index in [-0.39, 0.29) is 0 Å². The van der Waals surface area contributed by atoms with Gasteiger partial charge in [-0.1, -0.05) is 36.4 Å². The van der Waals surface area contributed by atoms with E-state index in [1.54, 1.807) is 0 Å². The molecule has 0 atom stereocenters. The monoisotopic (exact) mass is 266 g/mol. The molecular formula is C17H18N2O. The highest BCUT2D eigenvalue weighted by Crippen LogP contribution is 2.27. The van der Waals surface area contributed by atoms with Crippen molar-refractivity contribution in [2.24, 2.45) is 0 Å². The van der Waals surface area contributed by atoms with E-state index in [0.29, 0.717) is 0 Å². The average Bonchev–Trinajstić information content (AvgIpc) is 2.76. The Morgan fingerprint density at radius 1 is 0.850 bits per heavy atom. The Morgan fingerprint density at radius 2 is 1.45 bits per heavy atom. The maximum absolute atomic E-state index is 6.05. The lowest BCUT2D eigenvalue weighted by molar-refractivity contribution is 0.0793. The van der Waals surface area contributed by atoms with Crippen LogP contribution < -0.4 is 4.84 Å². The summed E-state index contributed by atoms with van der Waals surface area (Å²) in [7, 11) is 0. The van der Waals surface area contributed by atoms with E-state index in [1.807, 2.05) is 4.73 Å². The van der Waals surface area contributed by atoms with E-state index in [9.17, 15) is 0 Å². The lowest BCUT2D eigenvalue weighted by Crippen LogP contribution is -2.40. The summed E-state index contributed by atoms with van der Waals surface area (Å²) in [5.74, 6) is 0. The largest absolute Gasteiger partial charge is 0.412 e. The number of nitrogens with zero attached hydrogens (tertiary/aromatic N) is 2. The van der Waals surface area contributed by atoms with Gasteiger partial charge in [-0.3, -0.25) is 4.90 Å². The number of rotatable bonds is 4. The maximum Gasteiger partial charge on any atom is 0.127 e. The molecule has 102 valence electrons. The minimum Gasteiger partial charge on any atom is -0.412 e. The van der Waals surface area contributed by atoms with E-state index < -0.39 is 0 Å². The quantitative estimate of drug-likeness (QED) is 0.722. The van der Waals surface area contributed by atoms with E-state index >= 15 is 0 Å². The molecule has 0 unspecified atom stereocenters. The van der Waals surface area contributed by atoms with Crippen molar-refractivity contribution in [3.8, 4) is 0 Å². The van der Waals surface area contributed by atoms with E-state index in [1.165, 1.54) is 30.3 Å². The minimum atomic E-state index is 0.739. The van der Waals surface area contributed by atoms with Crippen molar-refractivity contribution in [2.75, 3.05) is 26.2 Å². The highest BCUT2D eigenvalue weighted by molar-refractivity contribution is 6.07. The SMILES string of the molecule is c1ccc2c(c1)c1ccccc1n2OCCN1CCC1. The summed E-state index contributed by atoms with van der Waals surface area (Å²) >= 11 is 0. The Bertz CT molecular complexity index is 690. The molecule has 1 aliphatic heterocycles. The van der Waals surface area contributed by atoms with Gasteiger partial charge in [0.15, 0.2) is 0 Å². The second kappa shape index (κ2) is 4.84. The fourth-order valence-corrected chi connectivity index (χ4v) is 2.89. The molecule has 1 aromatic heterocycles. The maximum atomic E-state index is 6.05. The van der Waals surface area contributed by atoms with Gasteiger partial charge in [-0.15, -0.1) is 0 Å². The minimum absolute atomic E-state index is 0.739. The first-order valence-electron chi connectivity index (χ1n) is 7.27. The second-order valence-corrected chi connectivity index (χ2v) is 5.36. The van der Waals surface area contributed by atoms with Gasteiger partial charge in [0, 0.05) is 17.3 Å². The van der Waals surface area contributed by atoms with Crippen molar-refractivity contribution >= 4 is 21.8 Å². The van der Waals surface area contributed by atoms with E-state index in [2.05, 4.69) is 53.4 Å². The van der Waals surface area contributed by atoms with Crippen molar-refractivity contribution in [1.82, 2.24) is 9.63 Å². The van der Waals surface area contributed by atoms with Gasteiger partial charge in [-0.25, -0.2) is 0 Å². The molecule has 0 radical (unpaired) electrons. The zero-order valence-electron chi connectivity index (χ0n) is 11.5. The van der Waals surface area contributed by atoms with Crippen LogP contribution in [0, 0.1) is 0 Å². The predicted molar refractivity (Wildman–Crippen MR) is 81.9 cm³/mol. The summed E-state index contributed by atoms with van der Waals surface area (Å²) in [4.78, 5) is 8.48. The van der Waals surface area contributed by atoms with Gasteiger partial charge in [0.2, 0.25) is 0 Å². The highest BCUT2D eigenvalue weighted by Gasteiger charge is 2.14. The van der Waals surface area contributed by atoms with Crippen LogP contribution in [0.5, 0.6) is 0 Å². The lowest BCUT2D eigenvalue weighted by atomic mass is 10.2. The third kappa shape index (κ3) is 1.86. The van der Waals surface area contributed by atoms with Gasteiger partial charge in [-0.2, -0.15) is 4.73 Å². The van der Waals surface area contributed by atoms with Gasteiger partial charge in [-0.05, 0) is 31.6 Å². The Labute approximate surface area is 118 Å². The van der Waals surface area contributed by atoms with Crippen LogP contribution in [-0.4, -0.2) is 35.9 Å². The summed E-state index contributed by atoms with van der Waals surface area (Å²) < 4.78 is 1.99. The number of benzene rings is 2. The van der Waals surface area contributed by atoms with Crippen LogP contribution in [0.25, 0.3) is 21.8 Å². The van der Waals surface area contributed by atoms with E-state index in [0.717, 1.165) is 24.2 Å². The lowest BCUT2D eigenvalue weighted by Gasteiger charge is -2.30. The molecule has 0 aliphatic carbocycles. The second-order valence-electron chi connectivity index (χ2n) is 5.36. The number of fused-ring (bicyclic) bond motifs is 3. The smallest absolute Gasteiger partial charge is 0.127 e. The Kier molecular flexibility index (Phi) is 2.85. The first-order valence-corrected chi connectivity index (χ1v) is 7.27. The van der Waals surface area contributed by atoms with Crippen molar-refractivity contribution < 1.29 is 4.84 Å². The standard InChI is InChI=1S/C17H18N2O/c1-3-8-16-14(6-1)15-7-2-4-9-17(15)19(16)20-13-12-18-10-5-11-18/h1-4,6-9H,5,10-13H2. The molecule has 1 fully saturated rings. The zero-order valence-corrected chi connectivity index (χ0v) is 11.5. The number of hydrogen-bond donors (Lipinski definition) is 0. The third-order valence-corrected chi connectivity index (χ3v) is 4.11. The van der Waals surface area contributed by atoms with Gasteiger partial charge < -0.3 is 4.84 Å². The van der Waals surface area contributed by atoms with Crippen LogP contribution in [0.1, 0.15) is 6.42 Å². The predicted octanol–water partition coefficient (Wildman–Crippen LogP) is 2.93. The molecule has 2 aromatic carbocycles. The molecule has 0 amide bonds. The van der Waals surface area contributed by atoms with Gasteiger partial charge in [0.25, 0.3) is 0 Å². The summed E-state index contributed by atoms with van der Waals surface area (Å²) in [6.07, 6.45) is 1.33. The average molecular weight is 266 g/mol. The Balaban J connectivity index is 1.71. The topological polar surface area (TPSA) is 17.4 Å². The van der Waals surface area contributed by atoms with Crippen molar-refractivity contribution in [2.45, 2.75) is 6.42 Å². The molecule has 3 heteroatoms. The molecule has 0 bridgehead atoms. The highest BCUT2D eigenvalue weighted by atomic mass is 16.7. The van der Waals surface area contributed by atoms with Crippen LogP contribution in [0.4, 0.5) is 0 Å². The van der Waals surface area contributed by atoms with Crippen LogP contribution in [0.15, 0.2) is 48.5 Å². The first-order chi connectivity index (χ1) is 9.93. The van der Waals surface area contributed by atoms with Gasteiger partial charge in [0.05, 0.1) is 11.0 Å². The number of aromatic nitrogens is 1. The number of para-hydroxylation sites is 2. The molecule has 4 rings (SSSR count). The Morgan fingerprint density at radius 3 is 2.00 bits per heavy atom. The molecule has 2 heterocycles. The zero-order chi connectivity index (χ0) is 13.4. The van der Waals surface area contributed by atoms with Crippen molar-refractivity contribution in [1.29, 1.82) is 0 Å². The molecular weight excluding hydrogens is 248 g/mol. The summed E-state index contributed by atoms with van der Waals surface area (Å²) in [6.45, 7) is 4.19. The van der Waals surface area contributed by atoms with Crippen molar-refractivity contribution in [3.63, 3.8) is 0 Å². The fraction of sp³-hybridized carbons (Fsp3) is 0.294. The van der Waals surface area contributed by atoms with Crippen molar-refractivity contribution in [3.05, 3.63) is 48.5 Å². The van der Waals surface area contributed by atoms with Crippen LogP contribution in [0.2, 0.25) is 0 Å². The molecule has 0 saturated carbocycles. The van der Waals surface area contributed by atoms with Crippen LogP contribution in [-0.2, 0) is 0 Å². The molecule has 3 aromatic rings. The first kappa shape index (κ1) is 11.8. The molecule has 20 heavy (non-hydrogen) atoms. The number of hydrogen-bond acceptors (Lipinski definition) is 2. The Hall–Kier alpha value is -2.00. The third-order valence-electron chi connectivity index (χ3n) is 4.11. The summed E-state index contributed by atoms with van der Waals surface area (Å²) in [5, 5.41) is 2.51. The normalized spacial score (nSPS) is 15.6. The molecule has 1 saturated heterocycles.